The number of alkyl halides is 3. The van der Waals surface area contributed by atoms with Crippen LogP contribution in [0.3, 0.4) is 0 Å². The maximum atomic E-state index is 12.3. The van der Waals surface area contributed by atoms with Gasteiger partial charge in [-0.25, -0.2) is 0 Å². The van der Waals surface area contributed by atoms with Crippen LogP contribution < -0.4 is 10.6 Å². The van der Waals surface area contributed by atoms with Crippen molar-refractivity contribution in [3.8, 4) is 0 Å². The highest BCUT2D eigenvalue weighted by Crippen LogP contribution is 2.22. The molecule has 0 amide bonds. The van der Waals surface area contributed by atoms with Gasteiger partial charge in [0.25, 0.3) is 0 Å². The fourth-order valence-corrected chi connectivity index (χ4v) is 2.52. The van der Waals surface area contributed by atoms with Gasteiger partial charge in [0.1, 0.15) is 0 Å². The molecule has 1 rings (SSSR count). The number of nitrogens with one attached hydrogen (secondary N) is 2. The van der Waals surface area contributed by atoms with Gasteiger partial charge in [-0.05, 0) is 25.1 Å². The van der Waals surface area contributed by atoms with Gasteiger partial charge in [-0.15, -0.1) is 0 Å². The Bertz CT molecular complexity index is 310. The molecule has 0 aliphatic carbocycles. The maximum absolute atomic E-state index is 12.3. The number of halogens is 3. The van der Waals surface area contributed by atoms with Gasteiger partial charge in [0.15, 0.2) is 5.96 Å². The van der Waals surface area contributed by atoms with Crippen molar-refractivity contribution in [2.24, 2.45) is 10.9 Å². The lowest BCUT2D eigenvalue weighted by molar-refractivity contribution is -0.143. The van der Waals surface area contributed by atoms with Crippen LogP contribution in [0.1, 0.15) is 6.42 Å². The molecule has 1 aliphatic rings. The molecule has 1 saturated heterocycles. The summed E-state index contributed by atoms with van der Waals surface area (Å²) in [6, 6.07) is 0. The van der Waals surface area contributed by atoms with Gasteiger partial charge in [-0.3, -0.25) is 9.89 Å². The topological polar surface area (TPSA) is 39.7 Å². The lowest BCUT2D eigenvalue weighted by atomic mass is 10.1. The van der Waals surface area contributed by atoms with Crippen LogP contribution in [0.4, 0.5) is 13.2 Å². The molecule has 20 heavy (non-hydrogen) atoms. The standard InChI is InChI=1S/C12H23F3N4S/c1-16-11(17-4-6-20-2)18-7-10-3-5-19(8-10)9-12(13,14)15/h10H,3-9H2,1-2H3,(H2,16,17,18). The van der Waals surface area contributed by atoms with Gasteiger partial charge in [-0.2, -0.15) is 24.9 Å². The largest absolute Gasteiger partial charge is 0.401 e. The third-order valence-corrected chi connectivity index (χ3v) is 3.77. The molecule has 0 aromatic carbocycles. The number of aliphatic imine (C=N–C) groups is 1. The van der Waals surface area contributed by atoms with Gasteiger partial charge in [0.05, 0.1) is 6.54 Å². The number of thioether (sulfide) groups is 1. The molecule has 1 atom stereocenters. The Labute approximate surface area is 122 Å². The van der Waals surface area contributed by atoms with Crippen molar-refractivity contribution in [1.29, 1.82) is 0 Å². The second kappa shape index (κ2) is 8.61. The van der Waals surface area contributed by atoms with Crippen LogP contribution in [0, 0.1) is 5.92 Å². The highest BCUT2D eigenvalue weighted by Gasteiger charge is 2.34. The fourth-order valence-electron chi connectivity index (χ4n) is 2.21. The van der Waals surface area contributed by atoms with Gasteiger partial charge >= 0.3 is 6.18 Å². The SMILES string of the molecule is CN=C(NCCSC)NCC1CCN(CC(F)(F)F)C1. The molecule has 0 aromatic rings. The van der Waals surface area contributed by atoms with E-state index in [4.69, 9.17) is 0 Å². The number of hydrogen-bond acceptors (Lipinski definition) is 3. The van der Waals surface area contributed by atoms with Gasteiger partial charge < -0.3 is 10.6 Å². The number of rotatable bonds is 6. The van der Waals surface area contributed by atoms with Gasteiger partial charge in [0.2, 0.25) is 0 Å². The molecule has 8 heteroatoms. The summed E-state index contributed by atoms with van der Waals surface area (Å²) >= 11 is 1.74. The first-order valence-corrected chi connectivity index (χ1v) is 8.06. The van der Waals surface area contributed by atoms with Crippen LogP contribution in [0.15, 0.2) is 4.99 Å². The van der Waals surface area contributed by atoms with Gasteiger partial charge in [-0.1, -0.05) is 0 Å². The molecule has 0 radical (unpaired) electrons. The van der Waals surface area contributed by atoms with Crippen molar-refractivity contribution in [3.63, 3.8) is 0 Å². The minimum Gasteiger partial charge on any atom is -0.356 e. The first kappa shape index (κ1) is 17.4. The van der Waals surface area contributed by atoms with E-state index >= 15 is 0 Å². The number of likely N-dealkylation sites (tertiary alicyclic amines) is 1. The Morgan fingerprint density at radius 3 is 2.75 bits per heavy atom. The maximum Gasteiger partial charge on any atom is 0.401 e. The van der Waals surface area contributed by atoms with Crippen molar-refractivity contribution in [2.45, 2.75) is 12.6 Å². The molecule has 0 bridgehead atoms. The van der Waals surface area contributed by atoms with E-state index in [0.717, 1.165) is 18.7 Å². The number of nitrogens with zero attached hydrogens (tertiary/aromatic N) is 2. The quantitative estimate of drug-likeness (QED) is 0.442. The van der Waals surface area contributed by atoms with Crippen LogP contribution >= 0.6 is 11.8 Å². The van der Waals surface area contributed by atoms with Crippen molar-refractivity contribution in [1.82, 2.24) is 15.5 Å². The Kier molecular flexibility index (Phi) is 7.50. The monoisotopic (exact) mass is 312 g/mol. The molecule has 1 unspecified atom stereocenters. The van der Waals surface area contributed by atoms with Crippen LogP contribution in [-0.2, 0) is 0 Å². The highest BCUT2D eigenvalue weighted by atomic mass is 32.2. The first-order chi connectivity index (χ1) is 9.44. The summed E-state index contributed by atoms with van der Waals surface area (Å²) in [4.78, 5) is 5.56. The summed E-state index contributed by atoms with van der Waals surface area (Å²) < 4.78 is 36.9. The van der Waals surface area contributed by atoms with Crippen molar-refractivity contribution < 1.29 is 13.2 Å². The summed E-state index contributed by atoms with van der Waals surface area (Å²) in [5.74, 6) is 1.95. The smallest absolute Gasteiger partial charge is 0.356 e. The molecule has 1 aliphatic heterocycles. The second-order valence-corrected chi connectivity index (χ2v) is 5.86. The van der Waals surface area contributed by atoms with E-state index in [1.54, 1.807) is 18.8 Å². The molecule has 4 nitrogen and oxygen atoms in total. The Morgan fingerprint density at radius 2 is 2.15 bits per heavy atom. The molecule has 118 valence electrons. The third kappa shape index (κ3) is 7.23. The normalized spacial score (nSPS) is 21.2. The number of hydrogen-bond donors (Lipinski definition) is 2. The molecule has 0 aromatic heterocycles. The average molecular weight is 312 g/mol. The highest BCUT2D eigenvalue weighted by molar-refractivity contribution is 7.98. The fraction of sp³-hybridized carbons (Fsp3) is 0.917. The zero-order valence-electron chi connectivity index (χ0n) is 12.0. The van der Waals surface area contributed by atoms with Crippen LogP contribution in [0.5, 0.6) is 0 Å². The summed E-state index contributed by atoms with van der Waals surface area (Å²) in [6.07, 6.45) is -1.27. The Balaban J connectivity index is 2.22. The second-order valence-electron chi connectivity index (χ2n) is 4.88. The predicted molar refractivity (Wildman–Crippen MR) is 78.3 cm³/mol. The predicted octanol–water partition coefficient (Wildman–Crippen LogP) is 1.40. The van der Waals surface area contributed by atoms with Crippen LogP contribution in [-0.4, -0.2) is 68.8 Å². The minimum absolute atomic E-state index is 0.247. The van der Waals surface area contributed by atoms with E-state index in [-0.39, 0.29) is 5.92 Å². The average Bonchev–Trinajstić information content (AvgIpc) is 2.79. The molecule has 0 spiro atoms. The molecule has 0 saturated carbocycles. The van der Waals surface area contributed by atoms with E-state index < -0.39 is 12.7 Å². The van der Waals surface area contributed by atoms with Gasteiger partial charge in [0, 0.05) is 32.4 Å². The van der Waals surface area contributed by atoms with E-state index in [9.17, 15) is 13.2 Å². The van der Waals surface area contributed by atoms with E-state index in [2.05, 4.69) is 15.6 Å². The third-order valence-electron chi connectivity index (χ3n) is 3.15. The first-order valence-electron chi connectivity index (χ1n) is 6.67. The lowest BCUT2D eigenvalue weighted by Gasteiger charge is -2.18. The molecular weight excluding hydrogens is 289 g/mol. The summed E-state index contributed by atoms with van der Waals surface area (Å²) in [7, 11) is 1.69. The van der Waals surface area contributed by atoms with Crippen molar-refractivity contribution in [3.05, 3.63) is 0 Å². The zero-order chi connectivity index (χ0) is 15.0. The summed E-state index contributed by atoms with van der Waals surface area (Å²) in [6.45, 7) is 1.70. The molecule has 1 heterocycles. The van der Waals surface area contributed by atoms with Crippen LogP contribution in [0.2, 0.25) is 0 Å². The number of guanidine groups is 1. The van der Waals surface area contributed by atoms with Crippen molar-refractivity contribution >= 4 is 17.7 Å². The van der Waals surface area contributed by atoms with Crippen molar-refractivity contribution in [2.75, 3.05) is 51.8 Å². The van der Waals surface area contributed by atoms with E-state index in [1.165, 1.54) is 4.90 Å². The lowest BCUT2D eigenvalue weighted by Crippen LogP contribution is -2.41. The molecule has 2 N–H and O–H groups in total. The molecular formula is C12H23F3N4S. The minimum atomic E-state index is -4.10. The van der Waals surface area contributed by atoms with Crippen LogP contribution in [0.25, 0.3) is 0 Å². The zero-order valence-corrected chi connectivity index (χ0v) is 12.8. The Hall–Kier alpha value is -0.630. The molecule has 1 fully saturated rings. The Morgan fingerprint density at radius 1 is 1.40 bits per heavy atom. The van der Waals surface area contributed by atoms with E-state index in [0.29, 0.717) is 25.6 Å². The summed E-state index contributed by atoms with van der Waals surface area (Å²) in [5, 5.41) is 6.34. The van der Waals surface area contributed by atoms with E-state index in [1.807, 2.05) is 6.26 Å². The summed E-state index contributed by atoms with van der Waals surface area (Å²) in [5.41, 5.74) is 0.